The van der Waals surface area contributed by atoms with Gasteiger partial charge in [0.05, 0.1) is 6.10 Å². The summed E-state index contributed by atoms with van der Waals surface area (Å²) in [5.74, 6) is 1.11. The number of hydrogen-bond acceptors (Lipinski definition) is 1. The van der Waals surface area contributed by atoms with Crippen LogP contribution in [-0.4, -0.2) is 21.3 Å². The van der Waals surface area contributed by atoms with Gasteiger partial charge < -0.3 is 4.74 Å². The summed E-state index contributed by atoms with van der Waals surface area (Å²) in [4.78, 5) is 0. The van der Waals surface area contributed by atoms with Crippen molar-refractivity contribution in [2.75, 3.05) is 0 Å². The average molecular weight is 140 g/mol. The first-order valence-electron chi connectivity index (χ1n) is 4.65. The van der Waals surface area contributed by atoms with Gasteiger partial charge in [0.15, 0.2) is 0 Å². The third-order valence-corrected chi connectivity index (χ3v) is 2.67. The molecule has 10 heavy (non-hydrogen) atoms. The van der Waals surface area contributed by atoms with E-state index in [4.69, 9.17) is 6.07 Å². The molecule has 2 heteroatoms. The van der Waals surface area contributed by atoms with Crippen molar-refractivity contribution in [3.05, 3.63) is 0 Å². The Hall–Kier alpha value is 0.0249. The zero-order valence-corrected chi connectivity index (χ0v) is 7.00. The maximum absolute atomic E-state index is 7.14. The van der Waals surface area contributed by atoms with Crippen LogP contribution in [0.1, 0.15) is 27.2 Å². The van der Waals surface area contributed by atoms with Crippen molar-refractivity contribution < 1.29 is 4.74 Å². The Morgan fingerprint density at radius 3 is 2.50 bits per heavy atom. The maximum Gasteiger partial charge on any atom is 0.127 e. The number of rotatable bonds is 2. The fourth-order valence-corrected chi connectivity index (χ4v) is 1.56. The second-order valence-electron chi connectivity index (χ2n) is 3.27. The Kier molecular flexibility index (Phi) is 1.98. The summed E-state index contributed by atoms with van der Waals surface area (Å²) in [7, 11) is 1.43. The van der Waals surface area contributed by atoms with E-state index in [1.807, 2.05) is 0 Å². The van der Waals surface area contributed by atoms with Crippen LogP contribution in [0, 0.1) is 11.8 Å². The molecule has 0 amide bonds. The van der Waals surface area contributed by atoms with Gasteiger partial charge in [-0.05, 0) is 19.6 Å². The zero-order chi connectivity index (χ0) is 8.43. The van der Waals surface area contributed by atoms with Crippen LogP contribution >= 0.6 is 0 Å². The highest BCUT2D eigenvalue weighted by molar-refractivity contribution is 6.11. The molecule has 4 unspecified atom stereocenters. The molecule has 1 radical (unpaired) electrons. The first kappa shape index (κ1) is 6.72. The number of hydrogen-bond donors (Lipinski definition) is 0. The van der Waals surface area contributed by atoms with Crippen LogP contribution in [0.15, 0.2) is 0 Å². The van der Waals surface area contributed by atoms with Gasteiger partial charge in [0.2, 0.25) is 0 Å². The van der Waals surface area contributed by atoms with Gasteiger partial charge in [0.25, 0.3) is 0 Å². The summed E-state index contributed by atoms with van der Waals surface area (Å²) in [6.45, 7) is 6.51. The van der Waals surface area contributed by atoms with E-state index in [9.17, 15) is 0 Å². The Labute approximate surface area is 65.9 Å². The minimum Gasteiger partial charge on any atom is -0.384 e. The summed E-state index contributed by atoms with van der Waals surface area (Å²) in [6.07, 6.45) is 1.44. The molecule has 57 valence electrons. The maximum atomic E-state index is 7.14. The molecule has 0 aliphatic carbocycles. The summed E-state index contributed by atoms with van der Waals surface area (Å²) in [6, 6.07) is 0.0648. The minimum absolute atomic E-state index is 0.0648. The fourth-order valence-electron chi connectivity index (χ4n) is 1.56. The van der Waals surface area contributed by atoms with Crippen molar-refractivity contribution in [1.29, 1.82) is 1.34 Å². The van der Waals surface area contributed by atoms with Gasteiger partial charge in [-0.3, -0.25) is 0 Å². The van der Waals surface area contributed by atoms with Crippen molar-refractivity contribution >= 4 is 7.81 Å². The lowest BCUT2D eigenvalue weighted by Gasteiger charge is -2.13. The van der Waals surface area contributed by atoms with Gasteiger partial charge in [0, 0.05) is 6.00 Å². The molecule has 0 bridgehead atoms. The van der Waals surface area contributed by atoms with E-state index in [1.165, 1.54) is 7.81 Å². The fraction of sp³-hybridized carbons (Fsp3) is 1.00. The molecule has 1 aliphatic heterocycles. The predicted molar refractivity (Wildman–Crippen MR) is 44.4 cm³/mol. The van der Waals surface area contributed by atoms with Crippen molar-refractivity contribution in [2.24, 2.45) is 11.8 Å². The second-order valence-corrected chi connectivity index (χ2v) is 3.27. The van der Waals surface area contributed by atoms with Gasteiger partial charge in [-0.1, -0.05) is 20.8 Å². The monoisotopic (exact) mass is 140 g/mol. The molecule has 0 N–H and O–H groups in total. The molecule has 1 rings (SSSR count). The van der Waals surface area contributed by atoms with Crippen LogP contribution in [0.2, 0.25) is 0 Å². The van der Waals surface area contributed by atoms with Crippen LogP contribution < -0.4 is 0 Å². The largest absolute Gasteiger partial charge is 0.384 e. The van der Waals surface area contributed by atoms with Crippen LogP contribution in [-0.2, 0) is 4.74 Å². The highest BCUT2D eigenvalue weighted by atomic mass is 16.5. The van der Waals surface area contributed by atoms with Gasteiger partial charge in [-0.2, -0.15) is 0 Å². The van der Waals surface area contributed by atoms with E-state index < -0.39 is 0 Å². The molecule has 0 aromatic carbocycles. The first-order valence-corrected chi connectivity index (χ1v) is 4.07. The standard InChI is InChI=1S/C8H16BO/c1-4-7-5(2)6(3)8(9)10-7/h5-9H,4H2,1-3H3/i9D. The molecule has 1 fully saturated rings. The molecule has 0 aromatic rings. The van der Waals surface area contributed by atoms with Crippen LogP contribution in [0.5, 0.6) is 0 Å². The van der Waals surface area contributed by atoms with Gasteiger partial charge >= 0.3 is 0 Å². The number of ether oxygens (including phenoxy) is 1. The zero-order valence-electron chi connectivity index (χ0n) is 8.00. The van der Waals surface area contributed by atoms with Crippen molar-refractivity contribution in [2.45, 2.75) is 39.3 Å². The van der Waals surface area contributed by atoms with E-state index in [0.717, 1.165) is 6.42 Å². The summed E-state index contributed by atoms with van der Waals surface area (Å²) in [5, 5.41) is 0. The molecule has 0 saturated carbocycles. The normalized spacial score (nSPS) is 48.9. The van der Waals surface area contributed by atoms with Gasteiger partial charge in [-0.25, -0.2) is 0 Å². The Bertz CT molecular complexity index is 113. The van der Waals surface area contributed by atoms with Gasteiger partial charge in [-0.15, -0.1) is 0 Å². The molecule has 1 aliphatic rings. The molecule has 1 saturated heterocycles. The summed E-state index contributed by atoms with van der Waals surface area (Å²) < 4.78 is 12.8. The van der Waals surface area contributed by atoms with Crippen LogP contribution in [0.4, 0.5) is 0 Å². The lowest BCUT2D eigenvalue weighted by atomic mass is 9.81. The van der Waals surface area contributed by atoms with Crippen LogP contribution in [0.3, 0.4) is 0 Å². The van der Waals surface area contributed by atoms with Crippen LogP contribution in [0.25, 0.3) is 0 Å². The lowest BCUT2D eigenvalue weighted by Crippen LogP contribution is -2.15. The SMILES string of the molecule is [2H][B]C1OC(CC)C(C)C1C. The molecular weight excluding hydrogens is 123 g/mol. The van der Waals surface area contributed by atoms with Crippen molar-refractivity contribution in [3.63, 3.8) is 0 Å². The molecule has 4 atom stereocenters. The first-order chi connectivity index (χ1) is 5.20. The molecule has 0 aromatic heterocycles. The molecule has 0 spiro atoms. The van der Waals surface area contributed by atoms with Crippen molar-refractivity contribution in [1.82, 2.24) is 0 Å². The van der Waals surface area contributed by atoms with E-state index in [2.05, 4.69) is 20.8 Å². The lowest BCUT2D eigenvalue weighted by molar-refractivity contribution is 0.0698. The third kappa shape index (κ3) is 1.22. The third-order valence-electron chi connectivity index (χ3n) is 2.67. The molecule has 1 heterocycles. The van der Waals surface area contributed by atoms with Gasteiger partial charge in [0.1, 0.15) is 7.81 Å². The smallest absolute Gasteiger partial charge is 0.127 e. The Morgan fingerprint density at radius 1 is 1.50 bits per heavy atom. The molecular formula is C8H16BO. The van der Waals surface area contributed by atoms with E-state index in [1.54, 1.807) is 0 Å². The summed E-state index contributed by atoms with van der Waals surface area (Å²) in [5.41, 5.74) is 0. The molecule has 1 nitrogen and oxygen atoms in total. The van der Waals surface area contributed by atoms with E-state index >= 15 is 0 Å². The Morgan fingerprint density at radius 2 is 2.20 bits per heavy atom. The summed E-state index contributed by atoms with van der Waals surface area (Å²) >= 11 is 0. The van der Waals surface area contributed by atoms with E-state index in [0.29, 0.717) is 17.9 Å². The second kappa shape index (κ2) is 2.95. The highest BCUT2D eigenvalue weighted by Crippen LogP contribution is 2.31. The van der Waals surface area contributed by atoms with E-state index in [-0.39, 0.29) is 6.00 Å². The predicted octanol–water partition coefficient (Wildman–Crippen LogP) is 1.29. The quantitative estimate of drug-likeness (QED) is 0.525. The minimum atomic E-state index is 0.0648. The van der Waals surface area contributed by atoms with Crippen molar-refractivity contribution in [3.8, 4) is 0 Å². The Balaban J connectivity index is 2.53. The topological polar surface area (TPSA) is 9.23 Å². The highest BCUT2D eigenvalue weighted by Gasteiger charge is 2.34. The average Bonchev–Trinajstić information content (AvgIpc) is 2.30.